The van der Waals surface area contributed by atoms with Crippen molar-refractivity contribution in [2.45, 2.75) is 46.1 Å². The predicted molar refractivity (Wildman–Crippen MR) is 40.4 cm³/mol. The Morgan fingerprint density at radius 2 is 1.67 bits per heavy atom. The average molecular weight is 130 g/mol. The highest BCUT2D eigenvalue weighted by Gasteiger charge is 1.96. The van der Waals surface area contributed by atoms with Gasteiger partial charge in [-0.3, -0.25) is 0 Å². The van der Waals surface area contributed by atoms with E-state index in [2.05, 4.69) is 13.8 Å². The standard InChI is InChI=1S/C8H18O/c1-7(2)5-4-6-8(3)9/h7-9H,4-6H2,1-3H3. The van der Waals surface area contributed by atoms with E-state index in [9.17, 15) is 0 Å². The summed E-state index contributed by atoms with van der Waals surface area (Å²) in [5.74, 6) is 0.781. The highest BCUT2D eigenvalue weighted by Crippen LogP contribution is 2.07. The summed E-state index contributed by atoms with van der Waals surface area (Å²) in [5.41, 5.74) is 0. The fourth-order valence-corrected chi connectivity index (χ4v) is 0.822. The van der Waals surface area contributed by atoms with Crippen molar-refractivity contribution in [2.24, 2.45) is 5.92 Å². The van der Waals surface area contributed by atoms with Gasteiger partial charge in [-0.15, -0.1) is 0 Å². The minimum atomic E-state index is -0.108. The largest absolute Gasteiger partial charge is 0.393 e. The van der Waals surface area contributed by atoms with Crippen molar-refractivity contribution in [2.75, 3.05) is 0 Å². The highest BCUT2D eigenvalue weighted by atomic mass is 16.3. The zero-order valence-electron chi connectivity index (χ0n) is 6.72. The molecule has 0 rings (SSSR count). The Morgan fingerprint density at radius 1 is 1.11 bits per heavy atom. The van der Waals surface area contributed by atoms with Gasteiger partial charge in [0.15, 0.2) is 0 Å². The molecular formula is C8H18O. The lowest BCUT2D eigenvalue weighted by atomic mass is 10.1. The molecule has 1 nitrogen and oxygen atoms in total. The molecule has 0 aliphatic carbocycles. The van der Waals surface area contributed by atoms with Crippen molar-refractivity contribution in [3.05, 3.63) is 0 Å². The Morgan fingerprint density at radius 3 is 2.00 bits per heavy atom. The van der Waals surface area contributed by atoms with Crippen LogP contribution in [0, 0.1) is 5.92 Å². The molecule has 0 aromatic rings. The smallest absolute Gasteiger partial charge is 0.0512 e. The summed E-state index contributed by atoms with van der Waals surface area (Å²) >= 11 is 0. The molecule has 0 saturated heterocycles. The zero-order chi connectivity index (χ0) is 7.28. The van der Waals surface area contributed by atoms with E-state index in [-0.39, 0.29) is 6.10 Å². The first kappa shape index (κ1) is 8.96. The first-order valence-corrected chi connectivity index (χ1v) is 3.81. The fourth-order valence-electron chi connectivity index (χ4n) is 0.822. The third kappa shape index (κ3) is 7.96. The van der Waals surface area contributed by atoms with Gasteiger partial charge in [-0.2, -0.15) is 0 Å². The van der Waals surface area contributed by atoms with Crippen LogP contribution in [0.3, 0.4) is 0 Å². The molecule has 0 aliphatic rings. The summed E-state index contributed by atoms with van der Waals surface area (Å²) < 4.78 is 0. The van der Waals surface area contributed by atoms with E-state index in [1.165, 1.54) is 6.42 Å². The van der Waals surface area contributed by atoms with Gasteiger partial charge in [0, 0.05) is 0 Å². The lowest BCUT2D eigenvalue weighted by Crippen LogP contribution is -1.99. The molecule has 1 N–H and O–H groups in total. The molecule has 0 amide bonds. The van der Waals surface area contributed by atoms with Crippen molar-refractivity contribution in [1.29, 1.82) is 0 Å². The molecule has 0 bridgehead atoms. The molecule has 0 aliphatic heterocycles. The predicted octanol–water partition coefficient (Wildman–Crippen LogP) is 2.19. The van der Waals surface area contributed by atoms with Gasteiger partial charge in [-0.1, -0.05) is 26.7 Å². The molecule has 0 radical (unpaired) electrons. The van der Waals surface area contributed by atoms with Crippen LogP contribution < -0.4 is 0 Å². The number of rotatable bonds is 4. The molecule has 0 aromatic heterocycles. The Bertz CT molecular complexity index is 49.6. The van der Waals surface area contributed by atoms with Gasteiger partial charge in [0.05, 0.1) is 6.10 Å². The second kappa shape index (κ2) is 4.80. The molecule has 0 fully saturated rings. The van der Waals surface area contributed by atoms with Crippen LogP contribution in [0.5, 0.6) is 0 Å². The summed E-state index contributed by atoms with van der Waals surface area (Å²) in [4.78, 5) is 0. The lowest BCUT2D eigenvalue weighted by Gasteiger charge is -2.05. The maximum Gasteiger partial charge on any atom is 0.0512 e. The first-order valence-electron chi connectivity index (χ1n) is 3.81. The van der Waals surface area contributed by atoms with Crippen molar-refractivity contribution in [3.63, 3.8) is 0 Å². The van der Waals surface area contributed by atoms with E-state index >= 15 is 0 Å². The van der Waals surface area contributed by atoms with E-state index in [1.54, 1.807) is 0 Å². The monoisotopic (exact) mass is 130 g/mol. The van der Waals surface area contributed by atoms with E-state index in [0.29, 0.717) is 0 Å². The van der Waals surface area contributed by atoms with Crippen LogP contribution in [0.1, 0.15) is 40.0 Å². The minimum absolute atomic E-state index is 0.108. The van der Waals surface area contributed by atoms with Crippen molar-refractivity contribution < 1.29 is 5.11 Å². The van der Waals surface area contributed by atoms with Gasteiger partial charge in [0.25, 0.3) is 0 Å². The lowest BCUT2D eigenvalue weighted by molar-refractivity contribution is 0.179. The van der Waals surface area contributed by atoms with Crippen LogP contribution in [0.2, 0.25) is 0 Å². The highest BCUT2D eigenvalue weighted by molar-refractivity contribution is 4.50. The normalized spacial score (nSPS) is 14.3. The summed E-state index contributed by atoms with van der Waals surface area (Å²) in [6, 6.07) is 0. The Labute approximate surface area is 58.1 Å². The molecule has 9 heavy (non-hydrogen) atoms. The summed E-state index contributed by atoms with van der Waals surface area (Å²) in [6.07, 6.45) is 3.25. The summed E-state index contributed by atoms with van der Waals surface area (Å²) in [5, 5.41) is 8.87. The Kier molecular flexibility index (Phi) is 4.78. The molecule has 0 spiro atoms. The number of aliphatic hydroxyl groups excluding tert-OH is 1. The minimum Gasteiger partial charge on any atom is -0.393 e. The second-order valence-electron chi connectivity index (χ2n) is 3.17. The Hall–Kier alpha value is -0.0400. The number of hydrogen-bond donors (Lipinski definition) is 1. The zero-order valence-corrected chi connectivity index (χ0v) is 6.72. The molecule has 1 heteroatoms. The summed E-state index contributed by atoms with van der Waals surface area (Å²) in [6.45, 7) is 6.27. The van der Waals surface area contributed by atoms with Gasteiger partial charge in [-0.05, 0) is 19.3 Å². The molecule has 1 unspecified atom stereocenters. The topological polar surface area (TPSA) is 20.2 Å². The molecule has 0 heterocycles. The number of hydrogen-bond acceptors (Lipinski definition) is 1. The molecule has 1 atom stereocenters. The third-order valence-corrected chi connectivity index (χ3v) is 1.40. The van der Waals surface area contributed by atoms with E-state index in [1.807, 2.05) is 6.92 Å². The fraction of sp³-hybridized carbons (Fsp3) is 1.00. The molecule has 56 valence electrons. The van der Waals surface area contributed by atoms with Gasteiger partial charge < -0.3 is 5.11 Å². The van der Waals surface area contributed by atoms with Crippen LogP contribution in [-0.4, -0.2) is 11.2 Å². The SMILES string of the molecule is CC(C)CCCC(C)O. The van der Waals surface area contributed by atoms with E-state index in [0.717, 1.165) is 18.8 Å². The van der Waals surface area contributed by atoms with Crippen LogP contribution in [0.25, 0.3) is 0 Å². The second-order valence-corrected chi connectivity index (χ2v) is 3.17. The van der Waals surface area contributed by atoms with Crippen molar-refractivity contribution >= 4 is 0 Å². The maximum atomic E-state index is 8.87. The van der Waals surface area contributed by atoms with E-state index < -0.39 is 0 Å². The molecular weight excluding hydrogens is 112 g/mol. The molecule has 0 aromatic carbocycles. The third-order valence-electron chi connectivity index (χ3n) is 1.40. The quantitative estimate of drug-likeness (QED) is 0.618. The van der Waals surface area contributed by atoms with Crippen LogP contribution >= 0.6 is 0 Å². The van der Waals surface area contributed by atoms with Crippen molar-refractivity contribution in [3.8, 4) is 0 Å². The van der Waals surface area contributed by atoms with Crippen LogP contribution in [-0.2, 0) is 0 Å². The summed E-state index contributed by atoms with van der Waals surface area (Å²) in [7, 11) is 0. The van der Waals surface area contributed by atoms with Gasteiger partial charge in [0.2, 0.25) is 0 Å². The van der Waals surface area contributed by atoms with Crippen LogP contribution in [0.15, 0.2) is 0 Å². The molecule has 0 saturated carbocycles. The van der Waals surface area contributed by atoms with Crippen molar-refractivity contribution in [1.82, 2.24) is 0 Å². The number of aliphatic hydroxyl groups is 1. The van der Waals surface area contributed by atoms with Crippen LogP contribution in [0.4, 0.5) is 0 Å². The van der Waals surface area contributed by atoms with Gasteiger partial charge in [0.1, 0.15) is 0 Å². The van der Waals surface area contributed by atoms with E-state index in [4.69, 9.17) is 5.11 Å². The first-order chi connectivity index (χ1) is 4.13. The average Bonchev–Trinajstić information content (AvgIpc) is 1.63. The van der Waals surface area contributed by atoms with Gasteiger partial charge in [-0.25, -0.2) is 0 Å². The maximum absolute atomic E-state index is 8.87. The Balaban J connectivity index is 2.91. The van der Waals surface area contributed by atoms with Gasteiger partial charge >= 0.3 is 0 Å².